The highest BCUT2D eigenvalue weighted by atomic mass is 32.3. The van der Waals surface area contributed by atoms with E-state index in [9.17, 15) is 21.3 Å². The molecule has 24 heavy (non-hydrogen) atoms. The van der Waals surface area contributed by atoms with Crippen molar-refractivity contribution in [1.82, 2.24) is 3.93 Å². The van der Waals surface area contributed by atoms with Crippen LogP contribution in [0.15, 0.2) is 64.4 Å². The maximum absolute atomic E-state index is 14.3. The predicted molar refractivity (Wildman–Crippen MR) is 88.9 cm³/mol. The molecule has 0 atom stereocenters. The van der Waals surface area contributed by atoms with E-state index in [2.05, 4.69) is 0 Å². The van der Waals surface area contributed by atoms with Crippen LogP contribution in [-0.4, -0.2) is 20.8 Å². The number of hydrogen-bond acceptors (Lipinski definition) is 4. The second-order valence-corrected chi connectivity index (χ2v) is 9.97. The molecule has 0 aliphatic rings. The first-order chi connectivity index (χ1) is 11.0. The lowest BCUT2D eigenvalue weighted by Crippen LogP contribution is -2.30. The Labute approximate surface area is 141 Å². The summed E-state index contributed by atoms with van der Waals surface area (Å²) in [7, 11) is -9.63. The molecule has 0 radical (unpaired) electrons. The van der Waals surface area contributed by atoms with Gasteiger partial charge in [0.2, 0.25) is 0 Å². The van der Waals surface area contributed by atoms with Gasteiger partial charge in [0.1, 0.15) is 0 Å². The summed E-state index contributed by atoms with van der Waals surface area (Å²) in [5.41, 5.74) is 0.631. The van der Waals surface area contributed by atoms with Crippen LogP contribution in [0.25, 0.3) is 0 Å². The molecule has 0 spiro atoms. The van der Waals surface area contributed by atoms with Crippen molar-refractivity contribution in [2.75, 3.05) is 0 Å². The van der Waals surface area contributed by atoms with Crippen molar-refractivity contribution in [3.8, 4) is 0 Å². The van der Waals surface area contributed by atoms with E-state index in [4.69, 9.17) is 0 Å². The molecule has 0 heterocycles. The van der Waals surface area contributed by atoms with Crippen LogP contribution >= 0.6 is 0 Å². The number of benzene rings is 2. The van der Waals surface area contributed by atoms with Crippen LogP contribution in [0.5, 0.6) is 0 Å². The van der Waals surface area contributed by atoms with Crippen LogP contribution in [0.4, 0.5) is 4.48 Å². The average molecular weight is 371 g/mol. The third-order valence-electron chi connectivity index (χ3n) is 3.44. The Morgan fingerprint density at radius 2 is 1.17 bits per heavy atom. The van der Waals surface area contributed by atoms with Gasteiger partial charge in [-0.05, 0) is 35.2 Å². The van der Waals surface area contributed by atoms with Gasteiger partial charge in [-0.1, -0.05) is 51.1 Å². The average Bonchev–Trinajstić information content (AvgIpc) is 2.54. The molecule has 0 aliphatic carbocycles. The standard InChI is InChI=1S/C16H18FNO4S2/c1-16(2,3)13-9-11-15(12-10-13)24(21,22)18(17)23(19,20)14-7-5-4-6-8-14/h4-12H,1-3H3. The van der Waals surface area contributed by atoms with Gasteiger partial charge in [-0.15, -0.1) is 4.48 Å². The summed E-state index contributed by atoms with van der Waals surface area (Å²) in [4.78, 5) is -0.875. The second-order valence-electron chi connectivity index (χ2n) is 6.25. The van der Waals surface area contributed by atoms with Gasteiger partial charge in [-0.2, -0.15) is 0 Å². The van der Waals surface area contributed by atoms with Gasteiger partial charge in [0.15, 0.2) is 0 Å². The fourth-order valence-electron chi connectivity index (χ4n) is 2.01. The molecule has 0 fully saturated rings. The Bertz CT molecular complexity index is 916. The molecular weight excluding hydrogens is 353 g/mol. The highest BCUT2D eigenvalue weighted by Crippen LogP contribution is 2.27. The molecule has 8 heteroatoms. The van der Waals surface area contributed by atoms with Crippen molar-refractivity contribution in [3.63, 3.8) is 0 Å². The number of halogens is 1. The lowest BCUT2D eigenvalue weighted by atomic mass is 9.87. The molecule has 130 valence electrons. The zero-order valence-corrected chi connectivity index (χ0v) is 15.1. The maximum atomic E-state index is 14.3. The minimum Gasteiger partial charge on any atom is -0.203 e. The molecule has 0 amide bonds. The molecule has 0 aromatic heterocycles. The van der Waals surface area contributed by atoms with E-state index in [0.717, 1.165) is 17.7 Å². The van der Waals surface area contributed by atoms with Crippen molar-refractivity contribution in [1.29, 1.82) is 0 Å². The normalized spacial score (nSPS) is 13.2. The van der Waals surface area contributed by atoms with Crippen LogP contribution in [-0.2, 0) is 25.5 Å². The van der Waals surface area contributed by atoms with Crippen molar-refractivity contribution in [3.05, 3.63) is 60.2 Å². The van der Waals surface area contributed by atoms with E-state index < -0.39 is 33.8 Å². The Balaban J connectivity index is 2.43. The van der Waals surface area contributed by atoms with E-state index in [1.54, 1.807) is 6.07 Å². The van der Waals surface area contributed by atoms with Gasteiger partial charge in [0.25, 0.3) is 20.0 Å². The van der Waals surface area contributed by atoms with Crippen LogP contribution in [0.2, 0.25) is 0 Å². The van der Waals surface area contributed by atoms with Gasteiger partial charge in [0.05, 0.1) is 13.7 Å². The summed E-state index contributed by atoms with van der Waals surface area (Å²) >= 11 is 0. The van der Waals surface area contributed by atoms with Crippen molar-refractivity contribution >= 4 is 20.0 Å². The molecule has 0 N–H and O–H groups in total. The fourth-order valence-corrected chi connectivity index (χ4v) is 4.88. The van der Waals surface area contributed by atoms with Gasteiger partial charge in [0, 0.05) is 0 Å². The summed E-state index contributed by atoms with van der Waals surface area (Å²) in [6.07, 6.45) is 0. The van der Waals surface area contributed by atoms with Crippen LogP contribution in [0.1, 0.15) is 26.3 Å². The summed E-state index contributed by atoms with van der Waals surface area (Å²) in [5.74, 6) is 0. The van der Waals surface area contributed by atoms with Crippen molar-refractivity contribution < 1.29 is 21.3 Å². The van der Waals surface area contributed by atoms with Crippen LogP contribution in [0, 0.1) is 0 Å². The molecular formula is C16H18FNO4S2. The first kappa shape index (κ1) is 18.6. The van der Waals surface area contributed by atoms with Crippen molar-refractivity contribution in [2.45, 2.75) is 36.0 Å². The Morgan fingerprint density at radius 1 is 0.750 bits per heavy atom. The van der Waals surface area contributed by atoms with Gasteiger partial charge in [-0.25, -0.2) is 16.8 Å². The van der Waals surface area contributed by atoms with E-state index in [0.29, 0.717) is 0 Å². The number of nitrogens with zero attached hydrogens (tertiary/aromatic N) is 1. The third kappa shape index (κ3) is 3.50. The van der Waals surface area contributed by atoms with Crippen molar-refractivity contribution in [2.24, 2.45) is 0 Å². The lowest BCUT2D eigenvalue weighted by molar-refractivity contribution is 0.250. The molecule has 0 aliphatic heterocycles. The molecule has 2 aromatic carbocycles. The predicted octanol–water partition coefficient (Wildman–Crippen LogP) is 3.25. The van der Waals surface area contributed by atoms with Gasteiger partial charge in [-0.3, -0.25) is 0 Å². The van der Waals surface area contributed by atoms with Crippen LogP contribution in [0.3, 0.4) is 0 Å². The molecule has 0 saturated carbocycles. The smallest absolute Gasteiger partial charge is 0.203 e. The maximum Gasteiger partial charge on any atom is 0.283 e. The second kappa shape index (κ2) is 6.27. The third-order valence-corrected chi connectivity index (χ3v) is 7.11. The highest BCUT2D eigenvalue weighted by Gasteiger charge is 2.37. The summed E-state index contributed by atoms with van der Waals surface area (Å²) in [6, 6.07) is 12.0. The number of rotatable bonds is 4. The molecule has 0 saturated heterocycles. The summed E-state index contributed by atoms with van der Waals surface area (Å²) < 4.78 is 62.1. The summed E-state index contributed by atoms with van der Waals surface area (Å²) in [6.45, 7) is 5.83. The van der Waals surface area contributed by atoms with E-state index in [-0.39, 0.29) is 5.41 Å². The minimum atomic E-state index is -4.83. The zero-order valence-electron chi connectivity index (χ0n) is 13.5. The van der Waals surface area contributed by atoms with E-state index in [1.807, 2.05) is 20.8 Å². The molecule has 2 aromatic rings. The largest absolute Gasteiger partial charge is 0.283 e. The van der Waals surface area contributed by atoms with Gasteiger partial charge >= 0.3 is 0 Å². The first-order valence-corrected chi connectivity index (χ1v) is 9.97. The van der Waals surface area contributed by atoms with E-state index >= 15 is 0 Å². The fraction of sp³-hybridized carbons (Fsp3) is 0.250. The Kier molecular flexibility index (Phi) is 4.85. The zero-order chi connectivity index (χ0) is 18.2. The lowest BCUT2D eigenvalue weighted by Gasteiger charge is -2.19. The molecule has 5 nitrogen and oxygen atoms in total. The monoisotopic (exact) mass is 371 g/mol. The molecule has 0 bridgehead atoms. The first-order valence-electron chi connectivity index (χ1n) is 7.09. The summed E-state index contributed by atoms with van der Waals surface area (Å²) in [5, 5.41) is 0. The molecule has 2 rings (SSSR count). The minimum absolute atomic E-state index is 0.214. The SMILES string of the molecule is CC(C)(C)c1ccc(S(=O)(=O)N(F)S(=O)(=O)c2ccccc2)cc1. The molecule has 0 unspecified atom stereocenters. The number of sulfonamides is 2. The van der Waals surface area contributed by atoms with E-state index in [1.165, 1.54) is 36.4 Å². The Hall–Kier alpha value is -1.77. The van der Waals surface area contributed by atoms with Gasteiger partial charge < -0.3 is 0 Å². The quantitative estimate of drug-likeness (QED) is 0.774. The topological polar surface area (TPSA) is 71.5 Å². The van der Waals surface area contributed by atoms with Crippen LogP contribution < -0.4 is 0 Å². The number of hydrogen-bond donors (Lipinski definition) is 0. The highest BCUT2D eigenvalue weighted by molar-refractivity contribution is 8.03. The Morgan fingerprint density at radius 3 is 1.58 bits per heavy atom.